The van der Waals surface area contributed by atoms with E-state index < -0.39 is 9.84 Å². The fourth-order valence-electron chi connectivity index (χ4n) is 3.67. The summed E-state index contributed by atoms with van der Waals surface area (Å²) in [5, 5.41) is 2.79. The monoisotopic (exact) mass is 512 g/mol. The molecule has 182 valence electrons. The van der Waals surface area contributed by atoms with Crippen molar-refractivity contribution in [2.24, 2.45) is 0 Å². The zero-order valence-electron chi connectivity index (χ0n) is 19.3. The summed E-state index contributed by atoms with van der Waals surface area (Å²) >= 11 is 1.25. The lowest BCUT2D eigenvalue weighted by molar-refractivity contribution is -0.112. The highest BCUT2D eigenvalue weighted by Crippen LogP contribution is 2.41. The second-order valence-electron chi connectivity index (χ2n) is 7.62. The van der Waals surface area contributed by atoms with Gasteiger partial charge in [-0.25, -0.2) is 8.42 Å². The van der Waals surface area contributed by atoms with Gasteiger partial charge in [0, 0.05) is 4.90 Å². The van der Waals surface area contributed by atoms with Crippen molar-refractivity contribution in [2.45, 2.75) is 15.5 Å². The largest absolute Gasteiger partial charge is 0.496 e. The quantitative estimate of drug-likeness (QED) is 0.354. The Kier molecular flexibility index (Phi) is 6.95. The van der Waals surface area contributed by atoms with Crippen LogP contribution >= 0.6 is 11.8 Å². The van der Waals surface area contributed by atoms with Crippen LogP contribution in [0, 0.1) is 0 Å². The number of amides is 1. The van der Waals surface area contributed by atoms with Gasteiger partial charge in [0.2, 0.25) is 0 Å². The molecule has 3 aromatic carbocycles. The van der Waals surface area contributed by atoms with Crippen molar-refractivity contribution in [2.75, 3.05) is 32.4 Å². The Labute approximate surface area is 208 Å². The number of carbonyl (C=O) groups excluding carboxylic acids is 1. The van der Waals surface area contributed by atoms with E-state index in [0.717, 1.165) is 10.5 Å². The SMILES string of the molecule is COc1ccc(/C=C2/Sc3ccc(S(=O)(=O)Cc4c(OC)cccc4OC)cc3NC2=O)cc1N. The minimum absolute atomic E-state index is 0.0838. The molecule has 0 saturated carbocycles. The summed E-state index contributed by atoms with van der Waals surface area (Å²) in [6.07, 6.45) is 1.72. The van der Waals surface area contributed by atoms with E-state index in [2.05, 4.69) is 5.32 Å². The molecule has 10 heteroatoms. The third-order valence-corrected chi connectivity index (χ3v) is 8.16. The van der Waals surface area contributed by atoms with Gasteiger partial charge in [0.25, 0.3) is 5.91 Å². The van der Waals surface area contributed by atoms with Gasteiger partial charge in [0.15, 0.2) is 9.84 Å². The smallest absolute Gasteiger partial charge is 0.262 e. The molecule has 3 N–H and O–H groups in total. The van der Waals surface area contributed by atoms with Crippen LogP contribution in [0.25, 0.3) is 6.08 Å². The van der Waals surface area contributed by atoms with Crippen LogP contribution in [0.1, 0.15) is 11.1 Å². The summed E-state index contributed by atoms with van der Waals surface area (Å²) < 4.78 is 42.3. The highest BCUT2D eigenvalue weighted by Gasteiger charge is 2.26. The summed E-state index contributed by atoms with van der Waals surface area (Å²) in [7, 11) is 0.719. The molecule has 0 aromatic heterocycles. The number of sulfone groups is 1. The molecular formula is C25H24N2O6S2. The van der Waals surface area contributed by atoms with Crippen molar-refractivity contribution in [3.05, 3.63) is 70.6 Å². The molecule has 0 radical (unpaired) electrons. The van der Waals surface area contributed by atoms with Crippen LogP contribution in [0.4, 0.5) is 11.4 Å². The summed E-state index contributed by atoms with van der Waals surface area (Å²) in [5.74, 6) is 0.743. The van der Waals surface area contributed by atoms with Gasteiger partial charge in [-0.3, -0.25) is 4.79 Å². The van der Waals surface area contributed by atoms with E-state index in [1.807, 2.05) is 0 Å². The molecule has 0 saturated heterocycles. The predicted molar refractivity (Wildman–Crippen MR) is 137 cm³/mol. The Morgan fingerprint density at radius 2 is 1.63 bits per heavy atom. The normalized spacial score (nSPS) is 14.3. The molecule has 0 fully saturated rings. The molecule has 1 heterocycles. The fraction of sp³-hybridized carbons (Fsp3) is 0.160. The molecule has 35 heavy (non-hydrogen) atoms. The van der Waals surface area contributed by atoms with Crippen LogP contribution in [0.15, 0.2) is 69.3 Å². The number of hydrogen-bond donors (Lipinski definition) is 2. The van der Waals surface area contributed by atoms with Gasteiger partial charge < -0.3 is 25.3 Å². The molecule has 1 amide bonds. The minimum Gasteiger partial charge on any atom is -0.496 e. The van der Waals surface area contributed by atoms with Crippen LogP contribution in [0.3, 0.4) is 0 Å². The Morgan fingerprint density at radius 3 is 2.26 bits per heavy atom. The molecule has 0 bridgehead atoms. The number of nitrogens with two attached hydrogens (primary N) is 1. The number of rotatable bonds is 7. The number of nitrogens with one attached hydrogen (secondary N) is 1. The van der Waals surface area contributed by atoms with Crippen LogP contribution in [-0.2, 0) is 20.4 Å². The first-order chi connectivity index (χ1) is 16.7. The average molecular weight is 513 g/mol. The van der Waals surface area contributed by atoms with E-state index in [4.69, 9.17) is 19.9 Å². The summed E-state index contributed by atoms with van der Waals surface area (Å²) in [4.78, 5) is 14.0. The molecule has 0 spiro atoms. The number of fused-ring (bicyclic) bond motifs is 1. The third-order valence-electron chi connectivity index (χ3n) is 5.42. The van der Waals surface area contributed by atoms with E-state index >= 15 is 0 Å². The Balaban J connectivity index is 1.62. The van der Waals surface area contributed by atoms with Gasteiger partial charge in [-0.1, -0.05) is 23.9 Å². The summed E-state index contributed by atoms with van der Waals surface area (Å²) in [6.45, 7) is 0. The number of thioether (sulfide) groups is 1. The van der Waals surface area contributed by atoms with Gasteiger partial charge in [0.05, 0.1) is 53.8 Å². The number of hydrogen-bond acceptors (Lipinski definition) is 8. The molecule has 3 aromatic rings. The van der Waals surface area contributed by atoms with Crippen molar-refractivity contribution in [3.8, 4) is 17.2 Å². The van der Waals surface area contributed by atoms with Crippen LogP contribution in [0.2, 0.25) is 0 Å². The number of carbonyl (C=O) groups is 1. The van der Waals surface area contributed by atoms with Crippen molar-refractivity contribution >= 4 is 45.0 Å². The van der Waals surface area contributed by atoms with Crippen LogP contribution in [0.5, 0.6) is 17.2 Å². The number of benzene rings is 3. The second kappa shape index (κ2) is 9.93. The lowest BCUT2D eigenvalue weighted by atomic mass is 10.1. The number of methoxy groups -OCH3 is 3. The van der Waals surface area contributed by atoms with Crippen molar-refractivity contribution in [1.82, 2.24) is 0 Å². The third kappa shape index (κ3) is 5.08. The highest BCUT2D eigenvalue weighted by atomic mass is 32.2. The highest BCUT2D eigenvalue weighted by molar-refractivity contribution is 8.04. The fourth-order valence-corrected chi connectivity index (χ4v) is 6.01. The molecule has 1 aliphatic heterocycles. The molecule has 0 atom stereocenters. The molecule has 4 rings (SSSR count). The lowest BCUT2D eigenvalue weighted by Gasteiger charge is -2.20. The zero-order chi connectivity index (χ0) is 25.2. The van der Waals surface area contributed by atoms with E-state index in [-0.39, 0.29) is 16.6 Å². The first kappa shape index (κ1) is 24.5. The first-order valence-corrected chi connectivity index (χ1v) is 12.9. The number of anilines is 2. The molecule has 8 nitrogen and oxygen atoms in total. The van der Waals surface area contributed by atoms with Gasteiger partial charge >= 0.3 is 0 Å². The van der Waals surface area contributed by atoms with E-state index in [1.54, 1.807) is 48.5 Å². The van der Waals surface area contributed by atoms with Gasteiger partial charge in [-0.15, -0.1) is 0 Å². The maximum Gasteiger partial charge on any atom is 0.262 e. The number of nitrogen functional groups attached to an aromatic ring is 1. The zero-order valence-corrected chi connectivity index (χ0v) is 21.0. The maximum atomic E-state index is 13.2. The lowest BCUT2D eigenvalue weighted by Crippen LogP contribution is -2.18. The molecule has 0 unspecified atom stereocenters. The second-order valence-corrected chi connectivity index (χ2v) is 10.7. The van der Waals surface area contributed by atoms with Crippen molar-refractivity contribution in [3.63, 3.8) is 0 Å². The Morgan fingerprint density at radius 1 is 0.943 bits per heavy atom. The van der Waals surface area contributed by atoms with E-state index in [1.165, 1.54) is 45.2 Å². The maximum absolute atomic E-state index is 13.2. The molecule has 0 aliphatic carbocycles. The predicted octanol–water partition coefficient (Wildman–Crippen LogP) is 4.35. The Bertz CT molecular complexity index is 1410. The van der Waals surface area contributed by atoms with Gasteiger partial charge in [0.1, 0.15) is 17.2 Å². The summed E-state index contributed by atoms with van der Waals surface area (Å²) in [5.41, 5.74) is 8.03. The Hall–Kier alpha value is -3.63. The minimum atomic E-state index is -3.76. The summed E-state index contributed by atoms with van der Waals surface area (Å²) in [6, 6.07) is 15.0. The van der Waals surface area contributed by atoms with Crippen molar-refractivity contribution < 1.29 is 27.4 Å². The van der Waals surface area contributed by atoms with E-state index in [9.17, 15) is 13.2 Å². The first-order valence-electron chi connectivity index (χ1n) is 10.5. The average Bonchev–Trinajstić information content (AvgIpc) is 2.84. The topological polar surface area (TPSA) is 117 Å². The van der Waals surface area contributed by atoms with Crippen LogP contribution < -0.4 is 25.3 Å². The van der Waals surface area contributed by atoms with Crippen molar-refractivity contribution in [1.29, 1.82) is 0 Å². The standard InChI is InChI=1S/C25H24N2O6S2/c1-31-20-5-4-6-21(32-2)17(20)14-35(29,30)16-8-10-23-19(13-16)27-25(28)24(34-23)12-15-7-9-22(33-3)18(26)11-15/h4-13H,14,26H2,1-3H3,(H,27,28)/b24-12+. The number of ether oxygens (including phenoxy) is 3. The van der Waals surface area contributed by atoms with Gasteiger partial charge in [-0.2, -0.15) is 0 Å². The molecule has 1 aliphatic rings. The van der Waals surface area contributed by atoms with E-state index in [0.29, 0.717) is 39.1 Å². The van der Waals surface area contributed by atoms with Crippen LogP contribution in [-0.4, -0.2) is 35.7 Å². The van der Waals surface area contributed by atoms with Gasteiger partial charge in [-0.05, 0) is 54.1 Å². The molecular weight excluding hydrogens is 488 g/mol.